The normalized spacial score (nSPS) is 11.0. The van der Waals surface area contributed by atoms with Gasteiger partial charge in [0.05, 0.1) is 12.8 Å². The molecule has 0 bridgehead atoms. The summed E-state index contributed by atoms with van der Waals surface area (Å²) in [4.78, 5) is 12.2. The third-order valence-electron chi connectivity index (χ3n) is 3.70. The molecule has 0 amide bonds. The highest BCUT2D eigenvalue weighted by Crippen LogP contribution is 2.23. The standard InChI is InChI=1S/C16H18N4O2/c1-3-19-12(10-17)8-16(21)20-15(19)9-14(18-20)11-5-4-6-13(7-11)22-2/h4-9H,3,10,17H2,1-2H3. The van der Waals surface area contributed by atoms with Gasteiger partial charge in [-0.1, -0.05) is 12.1 Å². The van der Waals surface area contributed by atoms with Crippen LogP contribution in [0.1, 0.15) is 12.6 Å². The summed E-state index contributed by atoms with van der Waals surface area (Å²) in [5.41, 5.74) is 8.74. The Morgan fingerprint density at radius 3 is 2.77 bits per heavy atom. The van der Waals surface area contributed by atoms with Crippen LogP contribution in [0.5, 0.6) is 5.75 Å². The van der Waals surface area contributed by atoms with Crippen LogP contribution < -0.4 is 16.0 Å². The van der Waals surface area contributed by atoms with Gasteiger partial charge in [0.25, 0.3) is 5.56 Å². The number of nitrogens with two attached hydrogens (primary N) is 1. The molecule has 114 valence electrons. The van der Waals surface area contributed by atoms with E-state index in [-0.39, 0.29) is 5.56 Å². The van der Waals surface area contributed by atoms with E-state index < -0.39 is 0 Å². The van der Waals surface area contributed by atoms with Crippen molar-refractivity contribution in [2.45, 2.75) is 20.0 Å². The SMILES string of the molecule is CCn1c(CN)cc(=O)n2nc(-c3cccc(OC)c3)cc12. The molecule has 2 N–H and O–H groups in total. The number of benzene rings is 1. The second-order valence-corrected chi connectivity index (χ2v) is 4.95. The van der Waals surface area contributed by atoms with E-state index in [0.717, 1.165) is 34.9 Å². The summed E-state index contributed by atoms with van der Waals surface area (Å²) in [7, 11) is 1.62. The van der Waals surface area contributed by atoms with Crippen molar-refractivity contribution in [1.29, 1.82) is 0 Å². The molecular weight excluding hydrogens is 280 g/mol. The predicted molar refractivity (Wildman–Crippen MR) is 85.0 cm³/mol. The van der Waals surface area contributed by atoms with E-state index in [1.165, 1.54) is 4.52 Å². The van der Waals surface area contributed by atoms with Crippen molar-refractivity contribution in [1.82, 2.24) is 14.2 Å². The van der Waals surface area contributed by atoms with E-state index in [1.54, 1.807) is 13.2 Å². The first-order chi connectivity index (χ1) is 10.7. The maximum atomic E-state index is 12.2. The minimum absolute atomic E-state index is 0.172. The molecule has 6 nitrogen and oxygen atoms in total. The lowest BCUT2D eigenvalue weighted by Gasteiger charge is -2.10. The van der Waals surface area contributed by atoms with Crippen LogP contribution in [-0.2, 0) is 13.1 Å². The van der Waals surface area contributed by atoms with E-state index in [0.29, 0.717) is 6.54 Å². The van der Waals surface area contributed by atoms with Crippen molar-refractivity contribution in [3.8, 4) is 17.0 Å². The first-order valence-corrected chi connectivity index (χ1v) is 7.15. The van der Waals surface area contributed by atoms with Crippen LogP contribution in [0.2, 0.25) is 0 Å². The zero-order valence-electron chi connectivity index (χ0n) is 12.6. The van der Waals surface area contributed by atoms with Gasteiger partial charge in [-0.05, 0) is 19.1 Å². The molecule has 3 aromatic rings. The summed E-state index contributed by atoms with van der Waals surface area (Å²) in [6, 6.07) is 11.0. The highest BCUT2D eigenvalue weighted by atomic mass is 16.5. The fourth-order valence-electron chi connectivity index (χ4n) is 2.61. The van der Waals surface area contributed by atoms with Crippen molar-refractivity contribution < 1.29 is 4.74 Å². The molecule has 1 aromatic carbocycles. The Balaban J connectivity index is 2.25. The molecule has 0 aliphatic rings. The lowest BCUT2D eigenvalue weighted by Crippen LogP contribution is -2.22. The highest BCUT2D eigenvalue weighted by molar-refractivity contribution is 5.65. The number of aromatic nitrogens is 3. The molecule has 0 aliphatic heterocycles. The minimum atomic E-state index is -0.172. The summed E-state index contributed by atoms with van der Waals surface area (Å²) >= 11 is 0. The summed E-state index contributed by atoms with van der Waals surface area (Å²) < 4.78 is 8.65. The van der Waals surface area contributed by atoms with E-state index in [2.05, 4.69) is 5.10 Å². The van der Waals surface area contributed by atoms with E-state index in [4.69, 9.17) is 10.5 Å². The fourth-order valence-corrected chi connectivity index (χ4v) is 2.61. The number of fused-ring (bicyclic) bond motifs is 1. The molecule has 0 radical (unpaired) electrons. The van der Waals surface area contributed by atoms with Gasteiger partial charge in [0.1, 0.15) is 11.4 Å². The maximum Gasteiger partial charge on any atom is 0.274 e. The Kier molecular flexibility index (Phi) is 3.68. The molecule has 3 rings (SSSR count). The van der Waals surface area contributed by atoms with Crippen LogP contribution in [0, 0.1) is 0 Å². The molecule has 0 unspecified atom stereocenters. The van der Waals surface area contributed by atoms with Gasteiger partial charge in [0.15, 0.2) is 0 Å². The fraction of sp³-hybridized carbons (Fsp3) is 0.250. The number of rotatable bonds is 4. The van der Waals surface area contributed by atoms with Gasteiger partial charge in [-0.15, -0.1) is 0 Å². The number of aryl methyl sites for hydroxylation is 1. The van der Waals surface area contributed by atoms with Crippen molar-refractivity contribution in [2.75, 3.05) is 7.11 Å². The van der Waals surface area contributed by atoms with E-state index >= 15 is 0 Å². The van der Waals surface area contributed by atoms with Crippen LogP contribution in [0.25, 0.3) is 16.9 Å². The van der Waals surface area contributed by atoms with Gasteiger partial charge in [-0.2, -0.15) is 9.61 Å². The molecule has 0 fully saturated rings. The first kappa shape index (κ1) is 14.3. The van der Waals surface area contributed by atoms with Gasteiger partial charge in [0, 0.05) is 36.5 Å². The van der Waals surface area contributed by atoms with Crippen LogP contribution >= 0.6 is 0 Å². The molecule has 0 saturated heterocycles. The molecule has 22 heavy (non-hydrogen) atoms. The molecule has 0 spiro atoms. The Morgan fingerprint density at radius 2 is 2.09 bits per heavy atom. The van der Waals surface area contributed by atoms with Crippen LogP contribution in [-0.4, -0.2) is 21.3 Å². The third-order valence-corrected chi connectivity index (χ3v) is 3.70. The summed E-state index contributed by atoms with van der Waals surface area (Å²) in [6.45, 7) is 3.06. The van der Waals surface area contributed by atoms with Crippen LogP contribution in [0.3, 0.4) is 0 Å². The predicted octanol–water partition coefficient (Wildman–Crippen LogP) is 1.65. The number of hydrogen-bond acceptors (Lipinski definition) is 4. The minimum Gasteiger partial charge on any atom is -0.497 e. The van der Waals surface area contributed by atoms with Gasteiger partial charge < -0.3 is 15.0 Å². The lowest BCUT2D eigenvalue weighted by atomic mass is 10.1. The second-order valence-electron chi connectivity index (χ2n) is 4.95. The third kappa shape index (κ3) is 2.27. The Morgan fingerprint density at radius 1 is 1.27 bits per heavy atom. The smallest absolute Gasteiger partial charge is 0.274 e. The average molecular weight is 298 g/mol. The molecule has 2 aromatic heterocycles. The van der Waals surface area contributed by atoms with Crippen LogP contribution in [0.15, 0.2) is 41.2 Å². The number of hydrogen-bond donors (Lipinski definition) is 1. The quantitative estimate of drug-likeness (QED) is 0.794. The van der Waals surface area contributed by atoms with Gasteiger partial charge >= 0.3 is 0 Å². The number of nitrogens with zero attached hydrogens (tertiary/aromatic N) is 3. The Hall–Kier alpha value is -2.60. The molecule has 0 saturated carbocycles. The number of methoxy groups -OCH3 is 1. The molecule has 2 heterocycles. The zero-order chi connectivity index (χ0) is 15.7. The molecule has 0 atom stereocenters. The molecule has 6 heteroatoms. The zero-order valence-corrected chi connectivity index (χ0v) is 12.6. The van der Waals surface area contributed by atoms with E-state index in [9.17, 15) is 4.79 Å². The average Bonchev–Trinajstić information content (AvgIpc) is 3.00. The molecular formula is C16H18N4O2. The Bertz CT molecular complexity index is 879. The monoisotopic (exact) mass is 298 g/mol. The largest absolute Gasteiger partial charge is 0.497 e. The highest BCUT2D eigenvalue weighted by Gasteiger charge is 2.12. The topological polar surface area (TPSA) is 74.5 Å². The van der Waals surface area contributed by atoms with Gasteiger partial charge in [0.2, 0.25) is 0 Å². The summed E-state index contributed by atoms with van der Waals surface area (Å²) in [5.74, 6) is 0.753. The van der Waals surface area contributed by atoms with Crippen molar-refractivity contribution >= 4 is 5.65 Å². The lowest BCUT2D eigenvalue weighted by molar-refractivity contribution is 0.415. The van der Waals surface area contributed by atoms with Crippen molar-refractivity contribution in [3.63, 3.8) is 0 Å². The first-order valence-electron chi connectivity index (χ1n) is 7.15. The summed E-state index contributed by atoms with van der Waals surface area (Å²) in [5, 5.41) is 4.43. The van der Waals surface area contributed by atoms with E-state index in [1.807, 2.05) is 41.8 Å². The second kappa shape index (κ2) is 5.65. The number of ether oxygens (including phenoxy) is 1. The van der Waals surface area contributed by atoms with Gasteiger partial charge in [-0.3, -0.25) is 4.79 Å². The van der Waals surface area contributed by atoms with Crippen LogP contribution in [0.4, 0.5) is 0 Å². The van der Waals surface area contributed by atoms with Crippen molar-refractivity contribution in [2.24, 2.45) is 5.73 Å². The van der Waals surface area contributed by atoms with Gasteiger partial charge in [-0.25, -0.2) is 0 Å². The summed E-state index contributed by atoms with van der Waals surface area (Å²) in [6.07, 6.45) is 0. The Labute approximate surface area is 127 Å². The molecule has 0 aliphatic carbocycles. The maximum absolute atomic E-state index is 12.2. The van der Waals surface area contributed by atoms with Crippen molar-refractivity contribution in [3.05, 3.63) is 52.4 Å².